The van der Waals surface area contributed by atoms with Gasteiger partial charge in [-0.1, -0.05) is 0 Å². The largest absolute Gasteiger partial charge is 0.435 e. The molecule has 0 aliphatic carbocycles. The van der Waals surface area contributed by atoms with Crippen molar-refractivity contribution in [1.82, 2.24) is 5.32 Å². The molecule has 0 aromatic heterocycles. The summed E-state index contributed by atoms with van der Waals surface area (Å²) >= 11 is 0. The molecule has 1 aliphatic rings. The van der Waals surface area contributed by atoms with Crippen molar-refractivity contribution in [3.8, 4) is 5.75 Å². The van der Waals surface area contributed by atoms with Crippen LogP contribution in [0.2, 0.25) is 0 Å². The van der Waals surface area contributed by atoms with Crippen LogP contribution >= 0.6 is 0 Å². The van der Waals surface area contributed by atoms with Crippen molar-refractivity contribution in [3.63, 3.8) is 0 Å². The molecule has 2 amide bonds. The van der Waals surface area contributed by atoms with E-state index in [9.17, 15) is 18.4 Å². The second-order valence-corrected chi connectivity index (χ2v) is 4.03. The van der Waals surface area contributed by atoms with Gasteiger partial charge < -0.3 is 10.1 Å². The summed E-state index contributed by atoms with van der Waals surface area (Å²) in [4.78, 5) is 24.6. The van der Waals surface area contributed by atoms with Crippen molar-refractivity contribution >= 4 is 17.5 Å². The van der Waals surface area contributed by atoms with Crippen molar-refractivity contribution < 1.29 is 23.1 Å². The highest BCUT2D eigenvalue weighted by molar-refractivity contribution is 6.06. The number of ether oxygens (including phenoxy) is 1. The van der Waals surface area contributed by atoms with Crippen LogP contribution in [-0.4, -0.2) is 31.0 Å². The lowest BCUT2D eigenvalue weighted by Gasteiger charge is -2.32. The standard InChI is InChI=1S/C12H12F2N2O3/c1-7-11(18)15-6-10(17)16(7)8-2-4-9(5-3-8)19-12(13)14/h2-5,7,12H,6H2,1H3,(H,15,18). The van der Waals surface area contributed by atoms with Crippen molar-refractivity contribution in [1.29, 1.82) is 0 Å². The van der Waals surface area contributed by atoms with Gasteiger partial charge in [0, 0.05) is 5.69 Å². The third-order valence-electron chi connectivity index (χ3n) is 2.79. The second-order valence-electron chi connectivity index (χ2n) is 4.03. The number of nitrogens with one attached hydrogen (secondary N) is 1. The molecule has 1 fully saturated rings. The van der Waals surface area contributed by atoms with Crippen LogP contribution in [0.25, 0.3) is 0 Å². The summed E-state index contributed by atoms with van der Waals surface area (Å²) in [6, 6.07) is 4.94. The number of carbonyl (C=O) groups excluding carboxylic acids is 2. The third-order valence-corrected chi connectivity index (χ3v) is 2.79. The van der Waals surface area contributed by atoms with E-state index in [1.54, 1.807) is 6.92 Å². The van der Waals surface area contributed by atoms with Crippen LogP contribution in [-0.2, 0) is 9.59 Å². The van der Waals surface area contributed by atoms with Gasteiger partial charge in [0.2, 0.25) is 11.8 Å². The maximum atomic E-state index is 12.0. The molecule has 0 bridgehead atoms. The molecule has 1 saturated heterocycles. The van der Waals surface area contributed by atoms with E-state index in [4.69, 9.17) is 0 Å². The first-order valence-electron chi connectivity index (χ1n) is 5.63. The number of anilines is 1. The van der Waals surface area contributed by atoms with Crippen molar-refractivity contribution in [2.75, 3.05) is 11.4 Å². The third kappa shape index (κ3) is 2.81. The van der Waals surface area contributed by atoms with Crippen LogP contribution in [0.4, 0.5) is 14.5 Å². The lowest BCUT2D eigenvalue weighted by atomic mass is 10.1. The summed E-state index contributed by atoms with van der Waals surface area (Å²) in [6.07, 6.45) is 0. The van der Waals surface area contributed by atoms with E-state index >= 15 is 0 Å². The average molecular weight is 270 g/mol. The van der Waals surface area contributed by atoms with Gasteiger partial charge in [-0.2, -0.15) is 8.78 Å². The minimum Gasteiger partial charge on any atom is -0.435 e. The van der Waals surface area contributed by atoms with Crippen LogP contribution in [0.3, 0.4) is 0 Å². The Morgan fingerprint density at radius 3 is 2.53 bits per heavy atom. The Balaban J connectivity index is 2.20. The summed E-state index contributed by atoms with van der Waals surface area (Å²) in [6.45, 7) is -1.37. The Labute approximate surface area is 108 Å². The molecule has 0 spiro atoms. The smallest absolute Gasteiger partial charge is 0.387 e. The number of benzene rings is 1. The summed E-state index contributed by atoms with van der Waals surface area (Å²) in [5.41, 5.74) is 0.467. The number of alkyl halides is 2. The van der Waals surface area contributed by atoms with E-state index in [2.05, 4.69) is 10.1 Å². The monoisotopic (exact) mass is 270 g/mol. The number of amides is 2. The number of carbonyl (C=O) groups is 2. The van der Waals surface area contributed by atoms with Gasteiger partial charge in [-0.3, -0.25) is 14.5 Å². The van der Waals surface area contributed by atoms with Gasteiger partial charge in [-0.15, -0.1) is 0 Å². The zero-order valence-corrected chi connectivity index (χ0v) is 10.1. The number of hydrogen-bond acceptors (Lipinski definition) is 3. The minimum absolute atomic E-state index is 0.000290. The molecule has 5 nitrogen and oxygen atoms in total. The lowest BCUT2D eigenvalue weighted by Crippen LogP contribution is -2.57. The van der Waals surface area contributed by atoms with Gasteiger partial charge in [0.15, 0.2) is 0 Å². The maximum absolute atomic E-state index is 12.0. The number of piperazine rings is 1. The molecule has 2 rings (SSSR count). The first-order valence-corrected chi connectivity index (χ1v) is 5.63. The molecular weight excluding hydrogens is 258 g/mol. The van der Waals surface area contributed by atoms with Crippen molar-refractivity contribution in [3.05, 3.63) is 24.3 Å². The highest BCUT2D eigenvalue weighted by Crippen LogP contribution is 2.23. The van der Waals surface area contributed by atoms with Crippen LogP contribution < -0.4 is 15.0 Å². The first kappa shape index (κ1) is 13.3. The van der Waals surface area contributed by atoms with Crippen molar-refractivity contribution in [2.24, 2.45) is 0 Å². The Morgan fingerprint density at radius 2 is 1.95 bits per heavy atom. The molecular formula is C12H12F2N2O3. The Morgan fingerprint density at radius 1 is 1.32 bits per heavy atom. The van der Waals surface area contributed by atoms with E-state index < -0.39 is 12.7 Å². The normalized spacial score (nSPS) is 19.6. The van der Waals surface area contributed by atoms with Gasteiger partial charge in [0.05, 0.1) is 6.54 Å². The summed E-state index contributed by atoms with van der Waals surface area (Å²) < 4.78 is 28.2. The number of nitrogens with zero attached hydrogens (tertiary/aromatic N) is 1. The molecule has 102 valence electrons. The zero-order valence-electron chi connectivity index (χ0n) is 10.1. The predicted octanol–water partition coefficient (Wildman–Crippen LogP) is 1.14. The average Bonchev–Trinajstić information content (AvgIpc) is 2.36. The predicted molar refractivity (Wildman–Crippen MR) is 63.0 cm³/mol. The second kappa shape index (κ2) is 5.21. The van der Waals surface area contributed by atoms with E-state index in [1.165, 1.54) is 29.2 Å². The Bertz CT molecular complexity index is 490. The van der Waals surface area contributed by atoms with Crippen LogP contribution in [0, 0.1) is 0 Å². The van der Waals surface area contributed by atoms with Gasteiger partial charge in [-0.25, -0.2) is 0 Å². The molecule has 1 atom stereocenters. The SMILES string of the molecule is CC1C(=O)NCC(=O)N1c1ccc(OC(F)F)cc1. The Kier molecular flexibility index (Phi) is 3.64. The molecule has 1 aromatic carbocycles. The molecule has 1 N–H and O–H groups in total. The highest BCUT2D eigenvalue weighted by Gasteiger charge is 2.31. The topological polar surface area (TPSA) is 58.6 Å². The summed E-state index contributed by atoms with van der Waals surface area (Å²) in [5, 5.41) is 2.46. The fourth-order valence-electron chi connectivity index (χ4n) is 1.88. The molecule has 7 heteroatoms. The van der Waals surface area contributed by atoms with E-state index in [-0.39, 0.29) is 24.1 Å². The zero-order chi connectivity index (χ0) is 14.0. The molecule has 1 unspecified atom stereocenters. The molecule has 0 radical (unpaired) electrons. The quantitative estimate of drug-likeness (QED) is 0.896. The van der Waals surface area contributed by atoms with Crippen LogP contribution in [0.15, 0.2) is 24.3 Å². The van der Waals surface area contributed by atoms with Gasteiger partial charge in [0.25, 0.3) is 0 Å². The molecule has 1 heterocycles. The minimum atomic E-state index is -2.90. The first-order chi connectivity index (χ1) is 8.99. The van der Waals surface area contributed by atoms with Crippen LogP contribution in [0.1, 0.15) is 6.92 Å². The molecule has 19 heavy (non-hydrogen) atoms. The molecule has 1 aromatic rings. The lowest BCUT2D eigenvalue weighted by molar-refractivity contribution is -0.130. The van der Waals surface area contributed by atoms with Gasteiger partial charge in [-0.05, 0) is 31.2 Å². The number of rotatable bonds is 3. The van der Waals surface area contributed by atoms with Gasteiger partial charge in [0.1, 0.15) is 11.8 Å². The van der Waals surface area contributed by atoms with E-state index in [0.29, 0.717) is 5.69 Å². The molecule has 0 saturated carbocycles. The van der Waals surface area contributed by atoms with E-state index in [1.807, 2.05) is 0 Å². The fraction of sp³-hybridized carbons (Fsp3) is 0.333. The molecule has 1 aliphatic heterocycles. The van der Waals surface area contributed by atoms with E-state index in [0.717, 1.165) is 0 Å². The number of halogens is 2. The Hall–Kier alpha value is -2.18. The maximum Gasteiger partial charge on any atom is 0.387 e. The van der Waals surface area contributed by atoms with Gasteiger partial charge >= 0.3 is 6.61 Å². The van der Waals surface area contributed by atoms with Crippen molar-refractivity contribution in [2.45, 2.75) is 19.6 Å². The highest BCUT2D eigenvalue weighted by atomic mass is 19.3. The summed E-state index contributed by atoms with van der Waals surface area (Å²) in [7, 11) is 0. The van der Waals surface area contributed by atoms with Crippen LogP contribution in [0.5, 0.6) is 5.75 Å². The fourth-order valence-corrected chi connectivity index (χ4v) is 1.88. The number of hydrogen-bond donors (Lipinski definition) is 1. The summed E-state index contributed by atoms with van der Waals surface area (Å²) in [5.74, 6) is -0.512.